The zero-order valence-corrected chi connectivity index (χ0v) is 74.7. The fourth-order valence-corrected chi connectivity index (χ4v) is 16.0. The van der Waals surface area contributed by atoms with E-state index in [0.717, 1.165) is 179 Å². The van der Waals surface area contributed by atoms with Crippen LogP contribution in [0, 0.1) is 113 Å². The van der Waals surface area contributed by atoms with Crippen molar-refractivity contribution in [3.05, 3.63) is 47.7 Å². The Morgan fingerprint density at radius 3 is 1.22 bits per heavy atom. The Labute approximate surface area is 654 Å². The van der Waals surface area contributed by atoms with Crippen molar-refractivity contribution in [1.29, 1.82) is 0 Å². The molecule has 9 heterocycles. The number of carbonyl (C=O) groups excluding carboxylic acids is 2. The van der Waals surface area contributed by atoms with Gasteiger partial charge in [-0.1, -0.05) is 169 Å². The lowest BCUT2D eigenvalue weighted by Gasteiger charge is -2.44. The Morgan fingerprint density at radius 2 is 0.858 bits per heavy atom. The zero-order chi connectivity index (χ0) is 80.1. The Bertz CT molecular complexity index is 2640. The molecular weight excluding hydrogens is 1340 g/mol. The van der Waals surface area contributed by atoms with Crippen LogP contribution in [0.3, 0.4) is 0 Å². The van der Waals surface area contributed by atoms with E-state index in [1.165, 1.54) is 122 Å². The maximum absolute atomic E-state index is 11.1. The van der Waals surface area contributed by atoms with Crippen molar-refractivity contribution < 1.29 is 32.3 Å². The quantitative estimate of drug-likeness (QED) is 0.111. The van der Waals surface area contributed by atoms with Crippen LogP contribution < -0.4 is 0 Å². The molecule has 5 atom stereocenters. The molecule has 0 bridgehead atoms. The van der Waals surface area contributed by atoms with E-state index in [0.29, 0.717) is 36.8 Å². The van der Waals surface area contributed by atoms with Crippen LogP contribution in [0.1, 0.15) is 242 Å². The number of nitrogens with zero attached hydrogens (tertiary/aromatic N) is 10. The lowest BCUT2D eigenvalue weighted by Crippen LogP contribution is -2.51. The molecule has 620 valence electrons. The lowest BCUT2D eigenvalue weighted by molar-refractivity contribution is -0.130. The topological polar surface area (TPSA) is 163 Å². The van der Waals surface area contributed by atoms with Gasteiger partial charge in [0.05, 0.1) is 26.1 Å². The summed E-state index contributed by atoms with van der Waals surface area (Å²) < 4.78 is 34.7. The highest BCUT2D eigenvalue weighted by Gasteiger charge is 2.33. The van der Waals surface area contributed by atoms with Crippen LogP contribution in [0.15, 0.2) is 34.7 Å². The van der Waals surface area contributed by atoms with Crippen LogP contribution in [0.2, 0.25) is 0 Å². The number of aromatic nitrogens is 2. The van der Waals surface area contributed by atoms with Gasteiger partial charge >= 0.3 is 0 Å². The number of hydrogen-bond acceptors (Lipinski definition) is 14. The molecule has 8 aliphatic heterocycles. The summed E-state index contributed by atoms with van der Waals surface area (Å²) >= 11 is 0. The molecule has 5 unspecified atom stereocenters. The third-order valence-corrected chi connectivity index (χ3v) is 25.2. The second-order valence-corrected chi connectivity index (χ2v) is 39.1. The van der Waals surface area contributed by atoms with Crippen LogP contribution in [0.25, 0.3) is 0 Å². The number of hydrogen-bond donors (Lipinski definition) is 1. The van der Waals surface area contributed by atoms with Crippen molar-refractivity contribution in [3.8, 4) is 0 Å². The fraction of sp³-hybridized carbons (Fsp3) is 0.886. The first-order valence-corrected chi connectivity index (χ1v) is 44.6. The summed E-state index contributed by atoms with van der Waals surface area (Å²) in [6, 6.07) is 11.9. The number of amides is 2. The number of benzene rings is 1. The molecule has 0 spiro atoms. The van der Waals surface area contributed by atoms with E-state index in [4.69, 9.17) is 14.3 Å². The first-order valence-electron chi connectivity index (χ1n) is 42.7. The van der Waals surface area contributed by atoms with Crippen LogP contribution in [0.4, 0.5) is 0 Å². The minimum absolute atomic E-state index is 0.230. The highest BCUT2D eigenvalue weighted by molar-refractivity contribution is 7.88. The maximum Gasteiger partial charge on any atom is 0.219 e. The number of piperidine rings is 1. The summed E-state index contributed by atoms with van der Waals surface area (Å²) in [5, 5.41) is 16.3. The molecular formula is C88H170N10O7S. The molecule has 2 amide bonds. The standard InChI is InChI=1S/C16H25NO.C10H19NO.2C10H21N.C9H17NO.C9H19NO.C9H19N.C8H17NO2S.C7H12N2O/c1-14(2)16-8-9-17(12-16)10-11-18-13-15-6-4-3-5-7-15;1-8(2)10-4-6-11(7-5-10)9(3)12;1-8(2)5-11-6-10(7-11)9(3)4;1-8(2)10-5-6-11(7-10)9(3)4;1-7(2)9-4-5-10(6-9)8(3)11;1-8(2)9-3-4-10(7-9)5-6-11;1-7(2)9-5-10(6-9)8(3)4;1-7(2)8-4-5-9(6-8)12(3,10)11;1-5(2)4-7-9-8-6(3)10-7/h3-7,14,16H,8-13H2,1-2H3;8,10H,4-7H2,1-3H3;2*8-10H,5-7H2,1-4H3;7,9H,4-6H2,1-3H3;8-9,11H,3-7H2,1-2H3;7-9H,5-6H2,1-4H3;7-8H,4-6H2,1-3H3;5H,4H2,1-3H3. The van der Waals surface area contributed by atoms with Gasteiger partial charge in [0.1, 0.15) is 0 Å². The second kappa shape index (κ2) is 52.3. The number of sulfonamides is 1. The molecule has 8 aliphatic rings. The Balaban J connectivity index is 0.000000408. The number of ether oxygens (including phenoxy) is 1. The maximum atomic E-state index is 11.1. The minimum Gasteiger partial charge on any atom is -0.426 e. The SMILES string of the molecule is CC(=O)N1CCC(C(C)C)C1.CC(=O)N1CCC(C(C)C)CC1.CC(C)C1CCN(C(C)C)C1.CC(C)C1CCN(CCO)C1.CC(C)C1CCN(CCOCc2ccccc2)C1.CC(C)C1CCN(S(C)(=O)=O)C1.CC(C)C1CN(C(C)C)C1.CC(C)CN1CC(C(C)C)C1.Cc1nnc(CC(C)C)o1. The largest absolute Gasteiger partial charge is 0.426 e. The van der Waals surface area contributed by atoms with Crippen molar-refractivity contribution in [3.63, 3.8) is 0 Å². The van der Waals surface area contributed by atoms with Gasteiger partial charge in [0.2, 0.25) is 33.6 Å². The van der Waals surface area contributed by atoms with E-state index in [2.05, 4.69) is 225 Å². The molecule has 106 heavy (non-hydrogen) atoms. The van der Waals surface area contributed by atoms with Gasteiger partial charge in [0.15, 0.2) is 0 Å². The first-order chi connectivity index (χ1) is 49.6. The molecule has 2 aromatic rings. The van der Waals surface area contributed by atoms with E-state index in [9.17, 15) is 18.0 Å². The number of aliphatic hydroxyl groups excluding tert-OH is 1. The molecule has 8 saturated heterocycles. The molecule has 0 saturated carbocycles. The van der Waals surface area contributed by atoms with Crippen LogP contribution in [-0.2, 0) is 37.4 Å². The number of aryl methyl sites for hydroxylation is 1. The Hall–Kier alpha value is -3.07. The summed E-state index contributed by atoms with van der Waals surface area (Å²) in [5.74, 6) is 16.4. The third-order valence-electron chi connectivity index (χ3n) is 24.0. The third kappa shape index (κ3) is 40.9. The molecule has 0 aliphatic carbocycles. The molecule has 8 fully saturated rings. The van der Waals surface area contributed by atoms with Crippen molar-refractivity contribution >= 4 is 21.8 Å². The van der Waals surface area contributed by atoms with E-state index in [1.54, 1.807) is 25.1 Å². The first kappa shape index (κ1) is 99.0. The molecule has 17 nitrogen and oxygen atoms in total. The summed E-state index contributed by atoms with van der Waals surface area (Å²) in [5.41, 5.74) is 1.26. The predicted octanol–water partition coefficient (Wildman–Crippen LogP) is 16.6. The van der Waals surface area contributed by atoms with E-state index in [-0.39, 0.29) is 11.8 Å². The number of rotatable bonds is 22. The number of β-amino-alcohol motifs (C(OH)–C–C–N with tert-alkyl or cyclic N) is 1. The highest BCUT2D eigenvalue weighted by Crippen LogP contribution is 2.30. The van der Waals surface area contributed by atoms with Crippen molar-refractivity contribution in [2.45, 2.75) is 257 Å². The van der Waals surface area contributed by atoms with Gasteiger partial charge in [0, 0.05) is 144 Å². The molecule has 1 aromatic carbocycles. The van der Waals surface area contributed by atoms with Crippen LogP contribution in [-0.4, -0.2) is 230 Å². The molecule has 0 radical (unpaired) electrons. The van der Waals surface area contributed by atoms with Gasteiger partial charge < -0.3 is 48.6 Å². The van der Waals surface area contributed by atoms with Gasteiger partial charge in [-0.2, -0.15) is 0 Å². The van der Waals surface area contributed by atoms with Crippen LogP contribution in [0.5, 0.6) is 0 Å². The van der Waals surface area contributed by atoms with Crippen LogP contribution >= 0.6 is 0 Å². The number of carbonyl (C=O) groups is 2. The van der Waals surface area contributed by atoms with Gasteiger partial charge in [0.25, 0.3) is 0 Å². The van der Waals surface area contributed by atoms with Gasteiger partial charge in [-0.3, -0.25) is 9.59 Å². The van der Waals surface area contributed by atoms with E-state index in [1.807, 2.05) is 15.9 Å². The highest BCUT2D eigenvalue weighted by atomic mass is 32.2. The van der Waals surface area contributed by atoms with Gasteiger partial charge in [-0.15, -0.1) is 10.2 Å². The smallest absolute Gasteiger partial charge is 0.219 e. The molecule has 1 N–H and O–H groups in total. The average Bonchev–Trinajstić information content (AvgIpc) is 1.74. The normalized spacial score (nSPS) is 22.3. The summed E-state index contributed by atoms with van der Waals surface area (Å²) in [4.78, 5) is 38.4. The molecule has 1 aromatic heterocycles. The summed E-state index contributed by atoms with van der Waals surface area (Å²) in [6.45, 7) is 82.9. The second-order valence-electron chi connectivity index (χ2n) is 37.1. The molecule has 10 rings (SSSR count). The summed E-state index contributed by atoms with van der Waals surface area (Å²) in [7, 11) is -2.94. The fourth-order valence-electron chi connectivity index (χ4n) is 15.1. The Kier molecular flexibility index (Phi) is 48.8. The van der Waals surface area contributed by atoms with Crippen molar-refractivity contribution in [1.82, 2.24) is 48.8 Å². The van der Waals surface area contributed by atoms with Crippen molar-refractivity contribution in [2.24, 2.45) is 107 Å². The predicted molar refractivity (Wildman–Crippen MR) is 448 cm³/mol. The monoisotopic (exact) mass is 1510 g/mol. The summed E-state index contributed by atoms with van der Waals surface area (Å²) in [6.07, 6.45) is 10.8. The minimum atomic E-state index is -2.94. The lowest BCUT2D eigenvalue weighted by atomic mass is 9.87. The van der Waals surface area contributed by atoms with Crippen molar-refractivity contribution in [2.75, 3.05) is 144 Å². The van der Waals surface area contributed by atoms with E-state index >= 15 is 0 Å². The average molecular weight is 1510 g/mol. The van der Waals surface area contributed by atoms with Gasteiger partial charge in [-0.25, -0.2) is 12.7 Å². The van der Waals surface area contributed by atoms with E-state index < -0.39 is 10.0 Å². The zero-order valence-electron chi connectivity index (χ0n) is 73.9. The number of likely N-dealkylation sites (tertiary alicyclic amines) is 7. The Morgan fingerprint density at radius 1 is 0.462 bits per heavy atom. The van der Waals surface area contributed by atoms with Gasteiger partial charge in [-0.05, 0) is 204 Å². The molecule has 18 heteroatoms. The number of aliphatic hydroxyl groups is 1.